The van der Waals surface area contributed by atoms with Crippen LogP contribution in [0.5, 0.6) is 0 Å². The number of ether oxygens (including phenoxy) is 1. The van der Waals surface area contributed by atoms with Crippen molar-refractivity contribution in [3.8, 4) is 11.4 Å². The lowest BCUT2D eigenvalue weighted by atomic mass is 9.78. The Kier molecular flexibility index (Phi) is 7.80. The maximum Gasteiger partial charge on any atom is 0.311 e. The van der Waals surface area contributed by atoms with Gasteiger partial charge >= 0.3 is 5.97 Å². The molecule has 3 aromatic heterocycles. The van der Waals surface area contributed by atoms with Crippen molar-refractivity contribution < 1.29 is 9.53 Å². The van der Waals surface area contributed by atoms with E-state index in [0.29, 0.717) is 12.2 Å². The van der Waals surface area contributed by atoms with E-state index in [1.165, 1.54) is 7.11 Å². The number of methoxy groups -OCH3 is 1. The van der Waals surface area contributed by atoms with Crippen LogP contribution in [0.3, 0.4) is 0 Å². The van der Waals surface area contributed by atoms with Gasteiger partial charge in [0.2, 0.25) is 0 Å². The Morgan fingerprint density at radius 1 is 1.19 bits per heavy atom. The van der Waals surface area contributed by atoms with Gasteiger partial charge in [0.15, 0.2) is 0 Å². The van der Waals surface area contributed by atoms with Gasteiger partial charge in [0.1, 0.15) is 5.69 Å². The molecule has 1 fully saturated rings. The van der Waals surface area contributed by atoms with Crippen LogP contribution in [0.4, 0.5) is 5.69 Å². The van der Waals surface area contributed by atoms with E-state index in [-0.39, 0.29) is 17.4 Å². The van der Waals surface area contributed by atoms with E-state index in [1.54, 1.807) is 15.3 Å². The summed E-state index contributed by atoms with van der Waals surface area (Å²) in [6, 6.07) is 7.60. The largest absolute Gasteiger partial charge is 0.469 e. The summed E-state index contributed by atoms with van der Waals surface area (Å²) in [6.07, 6.45) is 5.56. The molecule has 1 atom stereocenters. The van der Waals surface area contributed by atoms with E-state index in [4.69, 9.17) is 9.72 Å². The summed E-state index contributed by atoms with van der Waals surface area (Å²) in [7, 11) is 3.29. The molecular formula is C28H38N6O3. The number of aryl methyl sites for hydroxylation is 3. The summed E-state index contributed by atoms with van der Waals surface area (Å²) in [5, 5.41) is 8.67. The number of esters is 1. The Morgan fingerprint density at radius 2 is 1.97 bits per heavy atom. The molecule has 0 radical (unpaired) electrons. The van der Waals surface area contributed by atoms with E-state index < -0.39 is 5.41 Å². The minimum absolute atomic E-state index is 0.0528. The molecule has 0 spiro atoms. The number of carbonyl (C=O) groups is 1. The number of hydrogen-bond donors (Lipinski definition) is 0. The zero-order chi connectivity index (χ0) is 26.7. The standard InChI is InChI=1S/C28H38N6O3/c1-7-9-19-10-13-25(35)34(16-19)18-24-26(30-31-32(24)5)22-11-12-23(21(8-2)29-22)33-15-14-20(17-33)28(3,4)27(36)37-6/h10-13,16,20H,7-9,14-15,17-18H2,1-6H3/t20-/m1/s1. The summed E-state index contributed by atoms with van der Waals surface area (Å²) in [5.74, 6) is 0.0377. The van der Waals surface area contributed by atoms with Crippen molar-refractivity contribution in [3.05, 3.63) is 57.8 Å². The smallest absolute Gasteiger partial charge is 0.311 e. The predicted octanol–water partition coefficient (Wildman–Crippen LogP) is 3.63. The fraction of sp³-hybridized carbons (Fsp3) is 0.536. The van der Waals surface area contributed by atoms with Crippen LogP contribution in [0.2, 0.25) is 0 Å². The molecule has 1 saturated heterocycles. The van der Waals surface area contributed by atoms with Crippen molar-refractivity contribution >= 4 is 11.7 Å². The zero-order valence-electron chi connectivity index (χ0n) is 22.8. The molecule has 0 amide bonds. The van der Waals surface area contributed by atoms with Gasteiger partial charge in [-0.2, -0.15) is 0 Å². The Bertz CT molecular complexity index is 1330. The Labute approximate surface area is 218 Å². The number of aromatic nitrogens is 5. The van der Waals surface area contributed by atoms with E-state index in [1.807, 2.05) is 39.2 Å². The summed E-state index contributed by atoms with van der Waals surface area (Å²) >= 11 is 0. The van der Waals surface area contributed by atoms with Crippen LogP contribution >= 0.6 is 0 Å². The van der Waals surface area contributed by atoms with Gasteiger partial charge in [0.25, 0.3) is 5.56 Å². The summed E-state index contributed by atoms with van der Waals surface area (Å²) in [4.78, 5) is 32.2. The van der Waals surface area contributed by atoms with E-state index in [0.717, 1.165) is 67.1 Å². The maximum absolute atomic E-state index is 12.6. The molecule has 4 rings (SSSR count). The van der Waals surface area contributed by atoms with E-state index in [2.05, 4.69) is 35.1 Å². The second-order valence-corrected chi connectivity index (χ2v) is 10.4. The minimum Gasteiger partial charge on any atom is -0.469 e. The van der Waals surface area contributed by atoms with Gasteiger partial charge in [-0.05, 0) is 56.7 Å². The van der Waals surface area contributed by atoms with Gasteiger partial charge < -0.3 is 14.2 Å². The lowest BCUT2D eigenvalue weighted by Gasteiger charge is -2.29. The van der Waals surface area contributed by atoms with Crippen molar-refractivity contribution in [1.29, 1.82) is 0 Å². The predicted molar refractivity (Wildman–Crippen MR) is 144 cm³/mol. The average molecular weight is 507 g/mol. The molecule has 0 saturated carbocycles. The van der Waals surface area contributed by atoms with Crippen molar-refractivity contribution in [2.24, 2.45) is 18.4 Å². The van der Waals surface area contributed by atoms with Crippen molar-refractivity contribution in [3.63, 3.8) is 0 Å². The first-order valence-corrected chi connectivity index (χ1v) is 13.1. The second kappa shape index (κ2) is 10.9. The molecule has 0 aromatic carbocycles. The number of anilines is 1. The van der Waals surface area contributed by atoms with Gasteiger partial charge in [0, 0.05) is 32.4 Å². The molecular weight excluding hydrogens is 468 g/mol. The average Bonchev–Trinajstić information content (AvgIpc) is 3.53. The van der Waals surface area contributed by atoms with E-state index in [9.17, 15) is 9.59 Å². The highest BCUT2D eigenvalue weighted by Crippen LogP contribution is 2.38. The molecule has 37 heavy (non-hydrogen) atoms. The third-order valence-corrected chi connectivity index (χ3v) is 7.64. The maximum atomic E-state index is 12.6. The molecule has 0 aliphatic carbocycles. The number of pyridine rings is 2. The molecule has 1 aliphatic rings. The highest BCUT2D eigenvalue weighted by molar-refractivity contribution is 5.76. The highest BCUT2D eigenvalue weighted by Gasteiger charge is 2.41. The molecule has 0 bridgehead atoms. The molecule has 9 nitrogen and oxygen atoms in total. The Balaban J connectivity index is 1.62. The van der Waals surface area contributed by atoms with Crippen LogP contribution in [0, 0.1) is 11.3 Å². The number of carbonyl (C=O) groups excluding carboxylic acids is 1. The summed E-state index contributed by atoms with van der Waals surface area (Å²) in [6.45, 7) is 10.2. The first kappa shape index (κ1) is 26.6. The van der Waals surface area contributed by atoms with Gasteiger partial charge in [-0.25, -0.2) is 9.67 Å². The third kappa shape index (κ3) is 5.31. The number of rotatable bonds is 9. The quantitative estimate of drug-likeness (QED) is 0.409. The van der Waals surface area contributed by atoms with E-state index >= 15 is 0 Å². The van der Waals surface area contributed by atoms with Crippen molar-refractivity contribution in [2.75, 3.05) is 25.1 Å². The SMILES string of the molecule is CCCc1ccc(=O)n(Cc2c(-c3ccc(N4CC[C@@H](C(C)(C)C(=O)OC)C4)c(CC)n3)nnn2C)c1. The van der Waals surface area contributed by atoms with Crippen LogP contribution in [-0.4, -0.2) is 50.7 Å². The molecule has 4 heterocycles. The van der Waals surface area contributed by atoms with Crippen molar-refractivity contribution in [1.82, 2.24) is 24.5 Å². The highest BCUT2D eigenvalue weighted by atomic mass is 16.5. The van der Waals surface area contributed by atoms with Crippen LogP contribution in [0.25, 0.3) is 11.4 Å². The van der Waals surface area contributed by atoms with Gasteiger partial charge in [-0.3, -0.25) is 9.59 Å². The number of nitrogens with zero attached hydrogens (tertiary/aromatic N) is 6. The zero-order valence-corrected chi connectivity index (χ0v) is 22.8. The minimum atomic E-state index is -0.537. The fourth-order valence-corrected chi connectivity index (χ4v) is 5.23. The monoisotopic (exact) mass is 506 g/mol. The second-order valence-electron chi connectivity index (χ2n) is 10.4. The molecule has 0 N–H and O–H groups in total. The molecule has 198 valence electrons. The topological polar surface area (TPSA) is 95.1 Å². The molecule has 3 aromatic rings. The van der Waals surface area contributed by atoms with Gasteiger partial charge in [-0.1, -0.05) is 31.5 Å². The Morgan fingerprint density at radius 3 is 2.68 bits per heavy atom. The fourth-order valence-electron chi connectivity index (χ4n) is 5.23. The lowest BCUT2D eigenvalue weighted by molar-refractivity contribution is -0.153. The number of hydrogen-bond acceptors (Lipinski definition) is 7. The van der Waals surface area contributed by atoms with Gasteiger partial charge in [0.05, 0.1) is 41.8 Å². The summed E-state index contributed by atoms with van der Waals surface area (Å²) in [5.41, 5.74) is 4.87. The van der Waals surface area contributed by atoms with Crippen LogP contribution in [0.1, 0.15) is 57.5 Å². The molecule has 0 unspecified atom stereocenters. The first-order chi connectivity index (χ1) is 17.7. The normalized spacial score (nSPS) is 15.8. The third-order valence-electron chi connectivity index (χ3n) is 7.64. The van der Waals surface area contributed by atoms with Crippen LogP contribution in [0.15, 0.2) is 35.3 Å². The van der Waals surface area contributed by atoms with Crippen molar-refractivity contribution in [2.45, 2.75) is 59.9 Å². The van der Waals surface area contributed by atoms with Crippen LogP contribution < -0.4 is 10.5 Å². The van der Waals surface area contributed by atoms with Crippen LogP contribution in [-0.2, 0) is 36.0 Å². The van der Waals surface area contributed by atoms with Gasteiger partial charge in [-0.15, -0.1) is 5.10 Å². The summed E-state index contributed by atoms with van der Waals surface area (Å²) < 4.78 is 8.49. The molecule has 9 heteroatoms. The first-order valence-electron chi connectivity index (χ1n) is 13.1. The molecule has 1 aliphatic heterocycles. The lowest BCUT2D eigenvalue weighted by Crippen LogP contribution is -2.36. The Hall–Kier alpha value is -3.49.